The Morgan fingerprint density at radius 3 is 2.76 bits per heavy atom. The smallest absolute Gasteiger partial charge is 0.256 e. The number of hydrogen-bond donors (Lipinski definition) is 2. The molecule has 0 aliphatic heterocycles. The second kappa shape index (κ2) is 6.74. The molecule has 0 saturated carbocycles. The third kappa shape index (κ3) is 3.83. The topological polar surface area (TPSA) is 54.0 Å². The molecule has 1 heterocycles. The zero-order valence-corrected chi connectivity index (χ0v) is 12.6. The molecule has 0 bridgehead atoms. The predicted molar refractivity (Wildman–Crippen MR) is 82.8 cm³/mol. The van der Waals surface area contributed by atoms with Crippen LogP contribution in [0.3, 0.4) is 0 Å². The van der Waals surface area contributed by atoms with Crippen LogP contribution in [0.15, 0.2) is 30.3 Å². The average Bonchev–Trinajstić information content (AvgIpc) is 2.42. The first-order chi connectivity index (χ1) is 10.0. The van der Waals surface area contributed by atoms with Crippen molar-refractivity contribution >= 4 is 40.6 Å². The molecule has 21 heavy (non-hydrogen) atoms. The number of benzene rings is 1. The normalized spacial score (nSPS) is 10.3. The van der Waals surface area contributed by atoms with Gasteiger partial charge in [-0.05, 0) is 31.2 Å². The number of para-hydroxylation sites is 1. The summed E-state index contributed by atoms with van der Waals surface area (Å²) in [7, 11) is 0. The number of carbonyl (C=O) groups is 1. The summed E-state index contributed by atoms with van der Waals surface area (Å²) in [6, 6.07) is 7.08. The van der Waals surface area contributed by atoms with E-state index in [0.29, 0.717) is 12.4 Å². The SMILES string of the molecule is CCNc1cc(C(=O)Nc2c(F)cccc2Cl)cc(Cl)n1. The van der Waals surface area contributed by atoms with E-state index in [4.69, 9.17) is 23.2 Å². The Bertz CT molecular complexity index is 659. The number of nitrogens with zero attached hydrogens (tertiary/aromatic N) is 1. The minimum atomic E-state index is -0.608. The fourth-order valence-electron chi connectivity index (χ4n) is 1.70. The van der Waals surface area contributed by atoms with Gasteiger partial charge in [0.15, 0.2) is 0 Å². The van der Waals surface area contributed by atoms with E-state index in [1.807, 2.05) is 6.92 Å². The molecule has 1 amide bonds. The number of halogens is 3. The lowest BCUT2D eigenvalue weighted by molar-refractivity contribution is 0.102. The van der Waals surface area contributed by atoms with Crippen molar-refractivity contribution in [3.63, 3.8) is 0 Å². The Kier molecular flexibility index (Phi) is 4.98. The van der Waals surface area contributed by atoms with Crippen LogP contribution in [0.4, 0.5) is 15.9 Å². The number of nitrogens with one attached hydrogen (secondary N) is 2. The van der Waals surface area contributed by atoms with Gasteiger partial charge in [0.05, 0.1) is 10.7 Å². The maximum absolute atomic E-state index is 13.7. The van der Waals surface area contributed by atoms with Gasteiger partial charge in [-0.15, -0.1) is 0 Å². The fraction of sp³-hybridized carbons (Fsp3) is 0.143. The lowest BCUT2D eigenvalue weighted by atomic mass is 10.2. The first-order valence-electron chi connectivity index (χ1n) is 6.18. The molecule has 0 spiro atoms. The summed E-state index contributed by atoms with van der Waals surface area (Å²) < 4.78 is 13.7. The van der Waals surface area contributed by atoms with Gasteiger partial charge in [-0.1, -0.05) is 29.3 Å². The van der Waals surface area contributed by atoms with E-state index in [0.717, 1.165) is 0 Å². The summed E-state index contributed by atoms with van der Waals surface area (Å²) in [4.78, 5) is 16.2. The van der Waals surface area contributed by atoms with Crippen LogP contribution in [0.25, 0.3) is 0 Å². The van der Waals surface area contributed by atoms with Crippen molar-refractivity contribution in [2.24, 2.45) is 0 Å². The highest BCUT2D eigenvalue weighted by atomic mass is 35.5. The Morgan fingerprint density at radius 1 is 1.33 bits per heavy atom. The molecule has 0 aliphatic rings. The highest BCUT2D eigenvalue weighted by Gasteiger charge is 2.14. The van der Waals surface area contributed by atoms with E-state index in [9.17, 15) is 9.18 Å². The average molecular weight is 328 g/mol. The van der Waals surface area contributed by atoms with Crippen LogP contribution in [0.2, 0.25) is 10.2 Å². The molecule has 4 nitrogen and oxygen atoms in total. The Balaban J connectivity index is 2.28. The van der Waals surface area contributed by atoms with Crippen LogP contribution in [0, 0.1) is 5.82 Å². The highest BCUT2D eigenvalue weighted by molar-refractivity contribution is 6.34. The minimum absolute atomic E-state index is 0.0675. The predicted octanol–water partition coefficient (Wildman–Crippen LogP) is 4.21. The van der Waals surface area contributed by atoms with Gasteiger partial charge in [0.25, 0.3) is 5.91 Å². The van der Waals surface area contributed by atoms with Crippen molar-refractivity contribution in [3.8, 4) is 0 Å². The standard InChI is InChI=1S/C14H12Cl2FN3O/c1-2-18-12-7-8(6-11(16)19-12)14(21)20-13-9(15)4-3-5-10(13)17/h3-7H,2H2,1H3,(H,18,19)(H,20,21). The van der Waals surface area contributed by atoms with E-state index in [-0.39, 0.29) is 21.4 Å². The third-order valence-electron chi connectivity index (χ3n) is 2.62. The number of rotatable bonds is 4. The van der Waals surface area contributed by atoms with E-state index >= 15 is 0 Å². The number of hydrogen-bond acceptors (Lipinski definition) is 3. The monoisotopic (exact) mass is 327 g/mol. The number of carbonyl (C=O) groups excluding carboxylic acids is 1. The van der Waals surface area contributed by atoms with Crippen LogP contribution in [-0.2, 0) is 0 Å². The minimum Gasteiger partial charge on any atom is -0.370 e. The molecule has 110 valence electrons. The molecule has 0 saturated heterocycles. The van der Waals surface area contributed by atoms with E-state index < -0.39 is 11.7 Å². The first-order valence-corrected chi connectivity index (χ1v) is 6.93. The number of amides is 1. The summed E-state index contributed by atoms with van der Waals surface area (Å²) in [5, 5.41) is 5.67. The molecule has 2 aromatic rings. The molecule has 0 radical (unpaired) electrons. The lowest BCUT2D eigenvalue weighted by Crippen LogP contribution is -2.14. The summed E-state index contributed by atoms with van der Waals surface area (Å²) in [6.45, 7) is 2.52. The third-order valence-corrected chi connectivity index (χ3v) is 3.12. The molecule has 1 aromatic carbocycles. The van der Waals surface area contributed by atoms with Gasteiger partial charge in [-0.3, -0.25) is 4.79 Å². The van der Waals surface area contributed by atoms with Gasteiger partial charge in [-0.25, -0.2) is 9.37 Å². The first kappa shape index (κ1) is 15.5. The molecule has 0 aliphatic carbocycles. The van der Waals surface area contributed by atoms with Gasteiger partial charge < -0.3 is 10.6 Å². The summed E-state index contributed by atoms with van der Waals surface area (Å²) in [5.74, 6) is -0.664. The van der Waals surface area contributed by atoms with E-state index in [1.165, 1.54) is 30.3 Å². The summed E-state index contributed by atoms with van der Waals surface area (Å²) >= 11 is 11.7. The van der Waals surface area contributed by atoms with Crippen molar-refractivity contribution < 1.29 is 9.18 Å². The Labute approximate surface area is 131 Å². The molecule has 0 fully saturated rings. The maximum atomic E-state index is 13.7. The molecule has 0 atom stereocenters. The van der Waals surface area contributed by atoms with E-state index in [1.54, 1.807) is 0 Å². The molecule has 2 rings (SSSR count). The van der Waals surface area contributed by atoms with Crippen molar-refractivity contribution in [1.82, 2.24) is 4.98 Å². The second-order valence-electron chi connectivity index (χ2n) is 4.14. The van der Waals surface area contributed by atoms with Crippen LogP contribution < -0.4 is 10.6 Å². The fourth-order valence-corrected chi connectivity index (χ4v) is 2.12. The van der Waals surface area contributed by atoms with Crippen LogP contribution >= 0.6 is 23.2 Å². The van der Waals surface area contributed by atoms with Crippen LogP contribution in [0.5, 0.6) is 0 Å². The van der Waals surface area contributed by atoms with Gasteiger partial charge in [-0.2, -0.15) is 0 Å². The molecule has 0 unspecified atom stereocenters. The summed E-state index contributed by atoms with van der Waals surface area (Å²) in [5.41, 5.74) is 0.187. The quantitative estimate of drug-likeness (QED) is 0.827. The van der Waals surface area contributed by atoms with Crippen molar-refractivity contribution in [3.05, 3.63) is 51.9 Å². The number of anilines is 2. The molecule has 7 heteroatoms. The van der Waals surface area contributed by atoms with Crippen molar-refractivity contribution in [1.29, 1.82) is 0 Å². The van der Waals surface area contributed by atoms with E-state index in [2.05, 4.69) is 15.6 Å². The molecular formula is C14H12Cl2FN3O. The largest absolute Gasteiger partial charge is 0.370 e. The molecule has 1 aromatic heterocycles. The Hall–Kier alpha value is -1.85. The van der Waals surface area contributed by atoms with Crippen molar-refractivity contribution in [2.45, 2.75) is 6.92 Å². The zero-order chi connectivity index (χ0) is 15.4. The van der Waals surface area contributed by atoms with Crippen molar-refractivity contribution in [2.75, 3.05) is 17.2 Å². The molecule has 2 N–H and O–H groups in total. The van der Waals surface area contributed by atoms with Crippen LogP contribution in [-0.4, -0.2) is 17.4 Å². The zero-order valence-electron chi connectivity index (χ0n) is 11.1. The van der Waals surface area contributed by atoms with Crippen LogP contribution in [0.1, 0.15) is 17.3 Å². The highest BCUT2D eigenvalue weighted by Crippen LogP contribution is 2.25. The second-order valence-corrected chi connectivity index (χ2v) is 4.94. The number of pyridine rings is 1. The van der Waals surface area contributed by atoms with Gasteiger partial charge in [0.2, 0.25) is 0 Å². The molecular weight excluding hydrogens is 316 g/mol. The number of aromatic nitrogens is 1. The Morgan fingerprint density at radius 2 is 2.10 bits per heavy atom. The van der Waals surface area contributed by atoms with Gasteiger partial charge >= 0.3 is 0 Å². The van der Waals surface area contributed by atoms with Gasteiger partial charge in [0, 0.05) is 12.1 Å². The summed E-state index contributed by atoms with van der Waals surface area (Å²) in [6.07, 6.45) is 0. The van der Waals surface area contributed by atoms with Gasteiger partial charge in [0.1, 0.15) is 16.8 Å². The maximum Gasteiger partial charge on any atom is 0.256 e. The lowest BCUT2D eigenvalue weighted by Gasteiger charge is -2.10.